The number of pyridine rings is 2. The SMILES string of the molecule is Cc1cccc([C@@H](C)Oc2cc(-c3cc4n(n3)CC[C@@]43CCN(C(=O)NC4CCC4)C3)cnc2N)n1. The van der Waals surface area contributed by atoms with Crippen LogP contribution in [0.2, 0.25) is 0 Å². The Kier molecular flexibility index (Phi) is 5.58. The molecule has 2 fully saturated rings. The number of amides is 2. The number of likely N-dealkylation sites (tertiary alicyclic amines) is 1. The summed E-state index contributed by atoms with van der Waals surface area (Å²) < 4.78 is 8.27. The van der Waals surface area contributed by atoms with Crippen molar-refractivity contribution in [3.63, 3.8) is 0 Å². The van der Waals surface area contributed by atoms with E-state index in [1.54, 1.807) is 6.20 Å². The van der Waals surface area contributed by atoms with Gasteiger partial charge in [-0.25, -0.2) is 9.78 Å². The monoisotopic (exact) mass is 487 g/mol. The Balaban J connectivity index is 1.21. The van der Waals surface area contributed by atoms with E-state index in [0.717, 1.165) is 68.0 Å². The molecule has 2 atom stereocenters. The van der Waals surface area contributed by atoms with Crippen molar-refractivity contribution >= 4 is 11.8 Å². The molecule has 3 aromatic heterocycles. The largest absolute Gasteiger partial charge is 0.481 e. The van der Waals surface area contributed by atoms with Gasteiger partial charge in [-0.3, -0.25) is 9.67 Å². The van der Waals surface area contributed by atoms with Crippen LogP contribution in [0.3, 0.4) is 0 Å². The van der Waals surface area contributed by atoms with Crippen LogP contribution in [0.25, 0.3) is 11.3 Å². The number of ether oxygens (including phenoxy) is 1. The van der Waals surface area contributed by atoms with Gasteiger partial charge in [0.1, 0.15) is 6.10 Å². The van der Waals surface area contributed by atoms with Crippen molar-refractivity contribution in [1.82, 2.24) is 30.0 Å². The molecule has 9 heteroatoms. The van der Waals surface area contributed by atoms with Gasteiger partial charge in [0.15, 0.2) is 11.6 Å². The average Bonchev–Trinajstić information content (AvgIpc) is 3.54. The summed E-state index contributed by atoms with van der Waals surface area (Å²) in [5.41, 5.74) is 10.8. The fourth-order valence-corrected chi connectivity index (χ4v) is 5.61. The van der Waals surface area contributed by atoms with Gasteiger partial charge >= 0.3 is 6.03 Å². The molecule has 6 rings (SSSR count). The Morgan fingerprint density at radius 1 is 1.25 bits per heavy atom. The summed E-state index contributed by atoms with van der Waals surface area (Å²) in [7, 11) is 0. The lowest BCUT2D eigenvalue weighted by Crippen LogP contribution is -2.47. The molecule has 1 spiro atoms. The topological polar surface area (TPSA) is 111 Å². The molecule has 3 aromatic rings. The lowest BCUT2D eigenvalue weighted by atomic mass is 9.82. The van der Waals surface area contributed by atoms with Crippen LogP contribution in [0.4, 0.5) is 10.6 Å². The maximum atomic E-state index is 12.8. The normalized spacial score (nSPS) is 21.9. The van der Waals surface area contributed by atoms with Crippen LogP contribution in [-0.2, 0) is 12.0 Å². The molecule has 188 valence electrons. The highest BCUT2D eigenvalue weighted by Gasteiger charge is 2.47. The summed E-state index contributed by atoms with van der Waals surface area (Å²) in [6, 6.07) is 10.4. The minimum Gasteiger partial charge on any atom is -0.481 e. The number of nitrogen functional groups attached to an aromatic ring is 1. The van der Waals surface area contributed by atoms with Gasteiger partial charge in [-0.05, 0) is 70.2 Å². The quantitative estimate of drug-likeness (QED) is 0.563. The van der Waals surface area contributed by atoms with Crippen molar-refractivity contribution < 1.29 is 9.53 Å². The Bertz CT molecular complexity index is 1300. The van der Waals surface area contributed by atoms with E-state index in [1.165, 1.54) is 12.1 Å². The molecule has 3 N–H and O–H groups in total. The minimum atomic E-state index is -0.268. The lowest BCUT2D eigenvalue weighted by molar-refractivity contribution is 0.193. The molecule has 1 saturated carbocycles. The van der Waals surface area contributed by atoms with Gasteiger partial charge in [0, 0.05) is 54.2 Å². The van der Waals surface area contributed by atoms with Crippen LogP contribution in [0.15, 0.2) is 36.5 Å². The Labute approximate surface area is 211 Å². The smallest absolute Gasteiger partial charge is 0.317 e. The predicted molar refractivity (Wildman–Crippen MR) is 137 cm³/mol. The molecule has 0 aromatic carbocycles. The van der Waals surface area contributed by atoms with Crippen molar-refractivity contribution in [3.8, 4) is 17.0 Å². The van der Waals surface area contributed by atoms with Crippen LogP contribution in [0.1, 0.15) is 62.2 Å². The van der Waals surface area contributed by atoms with E-state index in [-0.39, 0.29) is 17.6 Å². The van der Waals surface area contributed by atoms with E-state index in [9.17, 15) is 4.79 Å². The molecule has 36 heavy (non-hydrogen) atoms. The molecule has 9 nitrogen and oxygen atoms in total. The summed E-state index contributed by atoms with van der Waals surface area (Å²) in [6.45, 7) is 6.30. The van der Waals surface area contributed by atoms with Gasteiger partial charge in [0.05, 0.1) is 11.4 Å². The standard InChI is InChI=1S/C27H33N7O2/c1-17-5-3-8-21(30-17)18(2)36-23-13-19(15-29-25(23)28)22-14-24-27(10-12-34(24)32-22)9-11-33(16-27)26(35)31-20-6-4-7-20/h3,5,8,13-15,18,20H,4,6-7,9-12,16H2,1-2H3,(H2,28,29)(H,31,35)/t18-,27-/m1/s1. The van der Waals surface area contributed by atoms with Crippen molar-refractivity contribution in [3.05, 3.63) is 53.6 Å². The Morgan fingerprint density at radius 3 is 2.86 bits per heavy atom. The second kappa shape index (κ2) is 8.80. The highest BCUT2D eigenvalue weighted by Crippen LogP contribution is 2.44. The molecule has 3 aliphatic rings. The molecule has 1 saturated heterocycles. The van der Waals surface area contributed by atoms with E-state index < -0.39 is 0 Å². The second-order valence-electron chi connectivity index (χ2n) is 10.5. The third-order valence-electron chi connectivity index (χ3n) is 8.01. The van der Waals surface area contributed by atoms with Crippen molar-refractivity contribution in [2.45, 2.75) is 70.1 Å². The molecule has 0 radical (unpaired) electrons. The molecular formula is C27H33N7O2. The Hall–Kier alpha value is -3.62. The van der Waals surface area contributed by atoms with E-state index in [4.69, 9.17) is 15.6 Å². The van der Waals surface area contributed by atoms with Gasteiger partial charge in [0.2, 0.25) is 0 Å². The zero-order chi connectivity index (χ0) is 24.9. The summed E-state index contributed by atoms with van der Waals surface area (Å²) in [6.07, 6.45) is 6.87. The molecule has 0 unspecified atom stereocenters. The molecule has 5 heterocycles. The van der Waals surface area contributed by atoms with Crippen LogP contribution >= 0.6 is 0 Å². The number of aryl methyl sites for hydroxylation is 2. The number of nitrogens with one attached hydrogen (secondary N) is 1. The number of anilines is 1. The maximum absolute atomic E-state index is 12.8. The predicted octanol–water partition coefficient (Wildman–Crippen LogP) is 3.98. The average molecular weight is 488 g/mol. The van der Waals surface area contributed by atoms with Crippen LogP contribution < -0.4 is 15.8 Å². The molecule has 0 bridgehead atoms. The molecule has 2 amide bonds. The number of hydrogen-bond donors (Lipinski definition) is 2. The summed E-state index contributed by atoms with van der Waals surface area (Å²) >= 11 is 0. The molecule has 1 aliphatic carbocycles. The summed E-state index contributed by atoms with van der Waals surface area (Å²) in [4.78, 5) is 23.7. The fraction of sp³-hybridized carbons (Fsp3) is 0.481. The van der Waals surface area contributed by atoms with Crippen molar-refractivity contribution in [1.29, 1.82) is 0 Å². The number of rotatable bonds is 5. The first-order valence-corrected chi connectivity index (χ1v) is 12.9. The van der Waals surface area contributed by atoms with Crippen LogP contribution in [0.5, 0.6) is 5.75 Å². The highest BCUT2D eigenvalue weighted by molar-refractivity contribution is 5.75. The number of fused-ring (bicyclic) bond motifs is 2. The number of nitrogens with two attached hydrogens (primary N) is 1. The van der Waals surface area contributed by atoms with Gasteiger partial charge in [-0.1, -0.05) is 6.07 Å². The summed E-state index contributed by atoms with van der Waals surface area (Å²) in [5, 5.41) is 8.08. The third kappa shape index (κ3) is 4.06. The first-order chi connectivity index (χ1) is 17.4. The second-order valence-corrected chi connectivity index (χ2v) is 10.5. The Morgan fingerprint density at radius 2 is 2.08 bits per heavy atom. The lowest BCUT2D eigenvalue weighted by Gasteiger charge is -2.30. The number of carbonyl (C=O) groups excluding carboxylic acids is 1. The third-order valence-corrected chi connectivity index (χ3v) is 8.01. The van der Waals surface area contributed by atoms with Crippen LogP contribution in [0, 0.1) is 6.92 Å². The number of aromatic nitrogens is 4. The zero-order valence-corrected chi connectivity index (χ0v) is 20.9. The fourth-order valence-electron chi connectivity index (χ4n) is 5.61. The number of carbonyl (C=O) groups is 1. The maximum Gasteiger partial charge on any atom is 0.317 e. The van der Waals surface area contributed by atoms with Crippen molar-refractivity contribution in [2.24, 2.45) is 0 Å². The van der Waals surface area contributed by atoms with Crippen LogP contribution in [-0.4, -0.2) is 49.8 Å². The van der Waals surface area contributed by atoms with E-state index in [0.29, 0.717) is 17.6 Å². The van der Waals surface area contributed by atoms with Crippen molar-refractivity contribution in [2.75, 3.05) is 18.8 Å². The highest BCUT2D eigenvalue weighted by atomic mass is 16.5. The van der Waals surface area contributed by atoms with E-state index in [2.05, 4.69) is 26.0 Å². The van der Waals surface area contributed by atoms with Gasteiger partial charge < -0.3 is 20.7 Å². The van der Waals surface area contributed by atoms with Gasteiger partial charge in [0.25, 0.3) is 0 Å². The first kappa shape index (κ1) is 22.8. The van der Waals surface area contributed by atoms with Gasteiger partial charge in [-0.2, -0.15) is 5.10 Å². The van der Waals surface area contributed by atoms with E-state index >= 15 is 0 Å². The molecule has 2 aliphatic heterocycles. The van der Waals surface area contributed by atoms with E-state index in [1.807, 2.05) is 43.0 Å². The summed E-state index contributed by atoms with van der Waals surface area (Å²) in [5.74, 6) is 0.858. The zero-order valence-electron chi connectivity index (χ0n) is 20.9. The number of hydrogen-bond acceptors (Lipinski definition) is 6. The number of urea groups is 1. The molecular weight excluding hydrogens is 454 g/mol. The minimum absolute atomic E-state index is 0.0336. The first-order valence-electron chi connectivity index (χ1n) is 12.9. The number of nitrogens with zero attached hydrogens (tertiary/aromatic N) is 5. The van der Waals surface area contributed by atoms with Gasteiger partial charge in [-0.15, -0.1) is 0 Å².